The van der Waals surface area contributed by atoms with Gasteiger partial charge in [0.25, 0.3) is 5.91 Å². The van der Waals surface area contributed by atoms with Gasteiger partial charge in [-0.25, -0.2) is 0 Å². The Balaban J connectivity index is 1.45. The molecule has 1 atom stereocenters. The SMILES string of the molecule is CC(C)c1nn(C)cc1C(=O)NCC1CN(C(=O)C(C)C2CCCC2)C1. The number of rotatable bonds is 6. The molecule has 0 aromatic carbocycles. The molecule has 0 spiro atoms. The first kappa shape index (κ1) is 18.9. The van der Waals surface area contributed by atoms with E-state index in [1.54, 1.807) is 10.9 Å². The first-order chi connectivity index (χ1) is 12.4. The average Bonchev–Trinajstić information content (AvgIpc) is 3.21. The van der Waals surface area contributed by atoms with E-state index in [2.05, 4.69) is 17.3 Å². The van der Waals surface area contributed by atoms with E-state index in [4.69, 9.17) is 0 Å². The van der Waals surface area contributed by atoms with Crippen molar-refractivity contribution in [1.82, 2.24) is 20.0 Å². The zero-order valence-electron chi connectivity index (χ0n) is 16.5. The zero-order valence-corrected chi connectivity index (χ0v) is 16.5. The summed E-state index contributed by atoms with van der Waals surface area (Å²) in [6, 6.07) is 0. The van der Waals surface area contributed by atoms with Gasteiger partial charge in [-0.2, -0.15) is 5.10 Å². The molecule has 2 amide bonds. The number of nitrogens with zero attached hydrogens (tertiary/aromatic N) is 3. The van der Waals surface area contributed by atoms with Crippen LogP contribution in [0, 0.1) is 17.8 Å². The smallest absolute Gasteiger partial charge is 0.254 e. The van der Waals surface area contributed by atoms with Crippen LogP contribution >= 0.6 is 0 Å². The number of hydrogen-bond acceptors (Lipinski definition) is 3. The number of hydrogen-bond donors (Lipinski definition) is 1. The molecular formula is C20H32N4O2. The molecular weight excluding hydrogens is 328 g/mol. The van der Waals surface area contributed by atoms with Gasteiger partial charge in [-0.15, -0.1) is 0 Å². The Kier molecular flexibility index (Phi) is 5.68. The highest BCUT2D eigenvalue weighted by Crippen LogP contribution is 2.33. The third-order valence-corrected chi connectivity index (χ3v) is 5.97. The Hall–Kier alpha value is -1.85. The van der Waals surface area contributed by atoms with Crippen molar-refractivity contribution in [3.05, 3.63) is 17.5 Å². The highest BCUT2D eigenvalue weighted by molar-refractivity contribution is 5.95. The summed E-state index contributed by atoms with van der Waals surface area (Å²) in [5.74, 6) is 1.53. The molecule has 1 aliphatic heterocycles. The largest absolute Gasteiger partial charge is 0.352 e. The molecule has 1 aromatic rings. The van der Waals surface area contributed by atoms with E-state index in [9.17, 15) is 9.59 Å². The van der Waals surface area contributed by atoms with Crippen LogP contribution in [-0.2, 0) is 11.8 Å². The normalized spacial score (nSPS) is 19.7. The number of likely N-dealkylation sites (tertiary alicyclic amines) is 1. The summed E-state index contributed by atoms with van der Waals surface area (Å²) < 4.78 is 1.69. The molecule has 6 heteroatoms. The summed E-state index contributed by atoms with van der Waals surface area (Å²) >= 11 is 0. The predicted octanol–water partition coefficient (Wildman–Crippen LogP) is 2.56. The van der Waals surface area contributed by atoms with Crippen LogP contribution in [0.2, 0.25) is 0 Å². The molecule has 3 rings (SSSR count). The average molecular weight is 361 g/mol. The van der Waals surface area contributed by atoms with Crippen molar-refractivity contribution in [1.29, 1.82) is 0 Å². The van der Waals surface area contributed by atoms with Crippen LogP contribution in [-0.4, -0.2) is 46.1 Å². The minimum Gasteiger partial charge on any atom is -0.352 e. The highest BCUT2D eigenvalue weighted by Gasteiger charge is 2.36. The number of carbonyl (C=O) groups excluding carboxylic acids is 2. The molecule has 1 unspecified atom stereocenters. The minimum atomic E-state index is -0.0640. The van der Waals surface area contributed by atoms with Crippen molar-refractivity contribution in [2.45, 2.75) is 52.4 Å². The predicted molar refractivity (Wildman–Crippen MR) is 101 cm³/mol. The second-order valence-electron chi connectivity index (χ2n) is 8.41. The molecule has 144 valence electrons. The molecule has 2 aliphatic rings. The second-order valence-corrected chi connectivity index (χ2v) is 8.41. The lowest BCUT2D eigenvalue weighted by Crippen LogP contribution is -2.55. The van der Waals surface area contributed by atoms with Crippen LogP contribution < -0.4 is 5.32 Å². The molecule has 2 fully saturated rings. The van der Waals surface area contributed by atoms with E-state index in [1.807, 2.05) is 25.8 Å². The Morgan fingerprint density at radius 1 is 1.23 bits per heavy atom. The minimum absolute atomic E-state index is 0.0640. The first-order valence-electron chi connectivity index (χ1n) is 9.97. The molecule has 0 bridgehead atoms. The lowest BCUT2D eigenvalue weighted by Gasteiger charge is -2.41. The van der Waals surface area contributed by atoms with Crippen molar-refractivity contribution >= 4 is 11.8 Å². The van der Waals surface area contributed by atoms with Crippen LogP contribution in [0.1, 0.15) is 68.4 Å². The van der Waals surface area contributed by atoms with Crippen molar-refractivity contribution in [2.24, 2.45) is 24.8 Å². The van der Waals surface area contributed by atoms with Gasteiger partial charge in [-0.1, -0.05) is 33.6 Å². The Bertz CT molecular complexity index is 655. The van der Waals surface area contributed by atoms with Crippen LogP contribution in [0.4, 0.5) is 0 Å². The lowest BCUT2D eigenvalue weighted by atomic mass is 9.89. The van der Waals surface area contributed by atoms with Gasteiger partial charge in [0.15, 0.2) is 0 Å². The Labute approximate surface area is 156 Å². The van der Waals surface area contributed by atoms with E-state index in [-0.39, 0.29) is 17.7 Å². The van der Waals surface area contributed by atoms with Crippen LogP contribution in [0.5, 0.6) is 0 Å². The molecule has 6 nitrogen and oxygen atoms in total. The monoisotopic (exact) mass is 360 g/mol. The van der Waals surface area contributed by atoms with Gasteiger partial charge < -0.3 is 10.2 Å². The summed E-state index contributed by atoms with van der Waals surface area (Å²) in [6.45, 7) is 8.32. The van der Waals surface area contributed by atoms with Crippen molar-refractivity contribution in [2.75, 3.05) is 19.6 Å². The Morgan fingerprint density at radius 3 is 2.50 bits per heavy atom. The van der Waals surface area contributed by atoms with E-state index >= 15 is 0 Å². The molecule has 26 heavy (non-hydrogen) atoms. The number of carbonyl (C=O) groups is 2. The van der Waals surface area contributed by atoms with Crippen LogP contribution in [0.25, 0.3) is 0 Å². The number of amides is 2. The topological polar surface area (TPSA) is 67.2 Å². The van der Waals surface area contributed by atoms with E-state index in [0.717, 1.165) is 18.8 Å². The maximum absolute atomic E-state index is 12.6. The number of aryl methyl sites for hydroxylation is 1. The maximum atomic E-state index is 12.6. The molecule has 1 N–H and O–H groups in total. The summed E-state index contributed by atoms with van der Waals surface area (Å²) in [4.78, 5) is 27.0. The van der Waals surface area contributed by atoms with E-state index in [0.29, 0.717) is 29.9 Å². The second kappa shape index (κ2) is 7.80. The van der Waals surface area contributed by atoms with Gasteiger partial charge in [0.1, 0.15) is 0 Å². The molecule has 1 saturated heterocycles. The van der Waals surface area contributed by atoms with Gasteiger partial charge in [0, 0.05) is 44.7 Å². The number of nitrogens with one attached hydrogen (secondary N) is 1. The van der Waals surface area contributed by atoms with E-state index in [1.165, 1.54) is 25.7 Å². The fourth-order valence-corrected chi connectivity index (χ4v) is 4.27. The summed E-state index contributed by atoms with van der Waals surface area (Å²) in [5.41, 5.74) is 1.49. The van der Waals surface area contributed by atoms with Crippen LogP contribution in [0.3, 0.4) is 0 Å². The first-order valence-corrected chi connectivity index (χ1v) is 9.97. The van der Waals surface area contributed by atoms with Crippen LogP contribution in [0.15, 0.2) is 6.20 Å². The van der Waals surface area contributed by atoms with Gasteiger partial charge in [0.05, 0.1) is 11.3 Å². The lowest BCUT2D eigenvalue weighted by molar-refractivity contribution is -0.143. The molecule has 0 radical (unpaired) electrons. The van der Waals surface area contributed by atoms with Crippen molar-refractivity contribution in [3.63, 3.8) is 0 Å². The summed E-state index contributed by atoms with van der Waals surface area (Å²) in [5, 5.41) is 7.41. The van der Waals surface area contributed by atoms with E-state index < -0.39 is 0 Å². The third-order valence-electron chi connectivity index (χ3n) is 5.97. The fraction of sp³-hybridized carbons (Fsp3) is 0.750. The standard InChI is InChI=1S/C20H32N4O2/c1-13(2)18-17(12-23(4)22-18)19(25)21-9-15-10-24(11-15)20(26)14(3)16-7-5-6-8-16/h12-16H,5-11H2,1-4H3,(H,21,25). The summed E-state index contributed by atoms with van der Waals surface area (Å²) in [7, 11) is 1.84. The molecule has 1 saturated carbocycles. The molecule has 1 aromatic heterocycles. The summed E-state index contributed by atoms with van der Waals surface area (Å²) in [6.07, 6.45) is 6.71. The van der Waals surface area contributed by atoms with Crippen molar-refractivity contribution < 1.29 is 9.59 Å². The number of aromatic nitrogens is 2. The maximum Gasteiger partial charge on any atom is 0.254 e. The quantitative estimate of drug-likeness (QED) is 0.848. The molecule has 1 aliphatic carbocycles. The van der Waals surface area contributed by atoms with Gasteiger partial charge >= 0.3 is 0 Å². The Morgan fingerprint density at radius 2 is 1.88 bits per heavy atom. The zero-order chi connectivity index (χ0) is 18.8. The van der Waals surface area contributed by atoms with Gasteiger partial charge in [0.2, 0.25) is 5.91 Å². The van der Waals surface area contributed by atoms with Crippen molar-refractivity contribution in [3.8, 4) is 0 Å². The van der Waals surface area contributed by atoms with Gasteiger partial charge in [-0.3, -0.25) is 14.3 Å². The van der Waals surface area contributed by atoms with Gasteiger partial charge in [-0.05, 0) is 24.7 Å². The fourth-order valence-electron chi connectivity index (χ4n) is 4.27. The third kappa shape index (κ3) is 3.94. The molecule has 2 heterocycles. The highest BCUT2D eigenvalue weighted by atomic mass is 16.2.